The molecule has 0 atom stereocenters. The first kappa shape index (κ1) is 18.3. The summed E-state index contributed by atoms with van der Waals surface area (Å²) in [4.78, 5) is 11.2. The largest absolute Gasteiger partial charge is 0.361 e. The highest BCUT2D eigenvalue weighted by Crippen LogP contribution is 2.21. The number of nitrogens with zero attached hydrogens (tertiary/aromatic N) is 3. The summed E-state index contributed by atoms with van der Waals surface area (Å²) in [6, 6.07) is 16.2. The standard InChI is InChI=1S/C27H19N5/c1-16-3-7-22-26(16)18(9-11-28-22)13-20-5-6-21-24(31-32-25(21)15-30-20)14-19-10-12-29-23-8-4-17(2)27(19)23/h3-15,28-29H,1-2H2/b18-13+,19-14+. The van der Waals surface area contributed by atoms with Gasteiger partial charge in [0.05, 0.1) is 17.6 Å². The molecule has 2 aliphatic carbocycles. The van der Waals surface area contributed by atoms with Crippen molar-refractivity contribution < 1.29 is 0 Å². The summed E-state index contributed by atoms with van der Waals surface area (Å²) in [6.45, 7) is 8.30. The average Bonchev–Trinajstić information content (AvgIpc) is 3.45. The highest BCUT2D eigenvalue weighted by molar-refractivity contribution is 5.71. The summed E-state index contributed by atoms with van der Waals surface area (Å²) in [5.41, 5.74) is 3.36. The van der Waals surface area contributed by atoms with Gasteiger partial charge in [-0.25, -0.2) is 0 Å². The Kier molecular flexibility index (Phi) is 4.01. The molecule has 4 aliphatic heterocycles. The minimum Gasteiger partial charge on any atom is -0.361 e. The van der Waals surface area contributed by atoms with E-state index in [1.165, 1.54) is 0 Å². The fourth-order valence-corrected chi connectivity index (χ4v) is 4.28. The Labute approximate surface area is 182 Å². The Balaban J connectivity index is 1.54. The SMILES string of the molecule is C=c1ccc2[nH]cc/c(=C\c3ccc4c(/C=c5\cc[nH]c6ccc(=C)c5=6)nnc-4cn3)c1=2. The minimum atomic E-state index is 0.754. The van der Waals surface area contributed by atoms with Crippen LogP contribution in [0.25, 0.3) is 36.6 Å². The van der Waals surface area contributed by atoms with Crippen LogP contribution in [0.4, 0.5) is 0 Å². The monoisotopic (exact) mass is 413 g/mol. The van der Waals surface area contributed by atoms with Crippen molar-refractivity contribution in [2.24, 2.45) is 0 Å². The lowest BCUT2D eigenvalue weighted by Gasteiger charge is -1.93. The van der Waals surface area contributed by atoms with Crippen molar-refractivity contribution in [1.82, 2.24) is 25.1 Å². The van der Waals surface area contributed by atoms with Crippen molar-refractivity contribution >= 4 is 25.3 Å². The van der Waals surface area contributed by atoms with Gasteiger partial charge in [-0.05, 0) is 69.4 Å². The molecule has 0 saturated carbocycles. The van der Waals surface area contributed by atoms with Crippen LogP contribution in [0, 0.1) is 21.1 Å². The maximum Gasteiger partial charge on any atom is 0.113 e. The number of hydrogen-bond acceptors (Lipinski definition) is 3. The van der Waals surface area contributed by atoms with E-state index in [2.05, 4.69) is 50.5 Å². The molecule has 0 saturated heterocycles. The molecule has 152 valence electrons. The first-order chi connectivity index (χ1) is 15.7. The molecule has 6 rings (SSSR count). The molecule has 6 aliphatic rings. The van der Waals surface area contributed by atoms with Crippen LogP contribution in [0.1, 0.15) is 11.4 Å². The van der Waals surface area contributed by atoms with Crippen LogP contribution in [0.5, 0.6) is 0 Å². The van der Waals surface area contributed by atoms with Crippen LogP contribution in [0.15, 0.2) is 67.1 Å². The maximum atomic E-state index is 4.64. The molecule has 5 nitrogen and oxygen atoms in total. The van der Waals surface area contributed by atoms with Gasteiger partial charge in [0.1, 0.15) is 5.69 Å². The summed E-state index contributed by atoms with van der Waals surface area (Å²) in [6.07, 6.45) is 9.76. The third-order valence-corrected chi connectivity index (χ3v) is 5.83. The van der Waals surface area contributed by atoms with E-state index in [-0.39, 0.29) is 0 Å². The van der Waals surface area contributed by atoms with Crippen LogP contribution in [-0.4, -0.2) is 25.1 Å². The molecule has 0 spiro atoms. The summed E-state index contributed by atoms with van der Waals surface area (Å²) < 4.78 is 0. The van der Waals surface area contributed by atoms with Crippen molar-refractivity contribution in [2.75, 3.05) is 0 Å². The van der Waals surface area contributed by atoms with Crippen LogP contribution in [0.2, 0.25) is 0 Å². The second-order valence-corrected chi connectivity index (χ2v) is 7.85. The third kappa shape index (κ3) is 2.91. The molecule has 5 heteroatoms. The zero-order valence-corrected chi connectivity index (χ0v) is 17.3. The first-order valence-electron chi connectivity index (χ1n) is 10.3. The Morgan fingerprint density at radius 2 is 1.34 bits per heavy atom. The Morgan fingerprint density at radius 3 is 2.03 bits per heavy atom. The number of rotatable bonds is 2. The lowest BCUT2D eigenvalue weighted by Crippen LogP contribution is -2.12. The van der Waals surface area contributed by atoms with Crippen LogP contribution < -0.4 is 20.9 Å². The van der Waals surface area contributed by atoms with E-state index in [4.69, 9.17) is 0 Å². The number of aromatic amines is 2. The molecule has 2 N–H and O–H groups in total. The molecule has 0 aromatic heterocycles. The molecular formula is C27H19N5. The highest BCUT2D eigenvalue weighted by atomic mass is 15.1. The van der Waals surface area contributed by atoms with E-state index in [1.807, 2.05) is 60.9 Å². The van der Waals surface area contributed by atoms with Gasteiger partial charge < -0.3 is 9.97 Å². The number of fused-ring (bicyclic) bond motifs is 1. The Hall–Kier alpha value is -4.51. The Bertz CT molecular complexity index is 1930. The number of aromatic nitrogens is 5. The van der Waals surface area contributed by atoms with Gasteiger partial charge in [0.25, 0.3) is 0 Å². The predicted octanol–water partition coefficient (Wildman–Crippen LogP) is 1.56. The normalized spacial score (nSPS) is 13.0. The van der Waals surface area contributed by atoms with Gasteiger partial charge in [-0.1, -0.05) is 25.3 Å². The van der Waals surface area contributed by atoms with Crippen LogP contribution >= 0.6 is 0 Å². The molecule has 0 aromatic carbocycles. The van der Waals surface area contributed by atoms with E-state index in [9.17, 15) is 0 Å². The van der Waals surface area contributed by atoms with Crippen molar-refractivity contribution in [3.05, 3.63) is 121 Å². The number of hydrogen-bond donors (Lipinski definition) is 2. The van der Waals surface area contributed by atoms with Gasteiger partial charge in [0.15, 0.2) is 0 Å². The van der Waals surface area contributed by atoms with Gasteiger partial charge in [-0.3, -0.25) is 4.98 Å². The van der Waals surface area contributed by atoms with Crippen LogP contribution in [0.3, 0.4) is 0 Å². The smallest absolute Gasteiger partial charge is 0.113 e. The van der Waals surface area contributed by atoms with E-state index < -0.39 is 0 Å². The molecule has 0 amide bonds. The molecule has 0 unspecified atom stereocenters. The predicted molar refractivity (Wildman–Crippen MR) is 125 cm³/mol. The average molecular weight is 413 g/mol. The molecule has 0 radical (unpaired) electrons. The zero-order chi connectivity index (χ0) is 21.7. The van der Waals surface area contributed by atoms with Crippen molar-refractivity contribution in [2.45, 2.75) is 0 Å². The van der Waals surface area contributed by atoms with Gasteiger partial charge in [0.2, 0.25) is 0 Å². The second-order valence-electron chi connectivity index (χ2n) is 7.85. The van der Waals surface area contributed by atoms with Crippen molar-refractivity contribution in [3.8, 4) is 11.3 Å². The van der Waals surface area contributed by atoms with Gasteiger partial charge in [-0.15, -0.1) is 10.2 Å². The lowest BCUT2D eigenvalue weighted by molar-refractivity contribution is 1.08. The van der Waals surface area contributed by atoms with E-state index in [0.717, 1.165) is 64.7 Å². The summed E-state index contributed by atoms with van der Waals surface area (Å²) in [5, 5.41) is 17.2. The minimum absolute atomic E-state index is 0.754. The fourth-order valence-electron chi connectivity index (χ4n) is 4.28. The summed E-state index contributed by atoms with van der Waals surface area (Å²) >= 11 is 0. The molecule has 0 aromatic rings. The van der Waals surface area contributed by atoms with E-state index in [0.29, 0.717) is 0 Å². The number of nitrogens with one attached hydrogen (secondary N) is 2. The van der Waals surface area contributed by atoms with E-state index >= 15 is 0 Å². The van der Waals surface area contributed by atoms with Crippen molar-refractivity contribution in [1.29, 1.82) is 0 Å². The molecule has 4 heterocycles. The van der Waals surface area contributed by atoms with Crippen LogP contribution in [-0.2, 0) is 0 Å². The zero-order valence-electron chi connectivity index (χ0n) is 17.3. The lowest BCUT2D eigenvalue weighted by atomic mass is 10.1. The molecule has 0 fully saturated rings. The Morgan fingerprint density at radius 1 is 0.688 bits per heavy atom. The molecule has 0 bridgehead atoms. The van der Waals surface area contributed by atoms with Crippen molar-refractivity contribution in [3.63, 3.8) is 0 Å². The second kappa shape index (κ2) is 7.03. The maximum absolute atomic E-state index is 4.64. The fraction of sp³-hybridized carbons (Fsp3) is 0. The summed E-state index contributed by atoms with van der Waals surface area (Å²) in [7, 11) is 0. The van der Waals surface area contributed by atoms with Gasteiger partial charge >= 0.3 is 0 Å². The highest BCUT2D eigenvalue weighted by Gasteiger charge is 2.11. The summed E-state index contributed by atoms with van der Waals surface area (Å²) in [5.74, 6) is 0. The quantitative estimate of drug-likeness (QED) is 0.453. The first-order valence-corrected chi connectivity index (χ1v) is 10.3. The topological polar surface area (TPSA) is 70.2 Å². The third-order valence-electron chi connectivity index (χ3n) is 5.83. The van der Waals surface area contributed by atoms with Gasteiger partial charge in [-0.2, -0.15) is 0 Å². The molecular weight excluding hydrogens is 394 g/mol. The van der Waals surface area contributed by atoms with E-state index in [1.54, 1.807) is 6.20 Å². The van der Waals surface area contributed by atoms with Gasteiger partial charge in [0, 0.05) is 39.1 Å². The molecule has 32 heavy (non-hydrogen) atoms. The number of H-pyrrole nitrogens is 2.